The summed E-state index contributed by atoms with van der Waals surface area (Å²) in [4.78, 5) is 15.1. The number of carbonyl (C=O) groups excluding carboxylic acids is 1. The van der Waals surface area contributed by atoms with Crippen LogP contribution in [0, 0.1) is 5.41 Å². The Morgan fingerprint density at radius 3 is 2.69 bits per heavy atom. The molecule has 1 unspecified atom stereocenters. The summed E-state index contributed by atoms with van der Waals surface area (Å²) < 4.78 is 0. The fourth-order valence-corrected chi connectivity index (χ4v) is 4.56. The molecule has 1 aromatic rings. The van der Waals surface area contributed by atoms with Gasteiger partial charge in [-0.25, -0.2) is 0 Å². The number of aliphatic hydroxyl groups is 1. The van der Waals surface area contributed by atoms with Crippen molar-refractivity contribution in [3.8, 4) is 0 Å². The zero-order chi connectivity index (χ0) is 18.6. The number of ketones is 1. The van der Waals surface area contributed by atoms with Crippen LogP contribution >= 0.6 is 23.2 Å². The van der Waals surface area contributed by atoms with Gasteiger partial charge in [0, 0.05) is 25.9 Å². The average molecular weight is 399 g/mol. The maximum absolute atomic E-state index is 12.8. The lowest BCUT2D eigenvalue weighted by molar-refractivity contribution is -0.121. The lowest BCUT2D eigenvalue weighted by Crippen LogP contribution is -2.40. The number of hydrogen-bond acceptors (Lipinski definition) is 4. The van der Waals surface area contributed by atoms with E-state index in [1.54, 1.807) is 12.1 Å². The topological polar surface area (TPSA) is 52.6 Å². The van der Waals surface area contributed by atoms with Gasteiger partial charge in [0.1, 0.15) is 5.78 Å². The highest BCUT2D eigenvalue weighted by atomic mass is 35.5. The van der Waals surface area contributed by atoms with Crippen molar-refractivity contribution in [3.05, 3.63) is 33.8 Å². The smallest absolute Gasteiger partial charge is 0.137 e. The first-order chi connectivity index (χ1) is 12.5. The van der Waals surface area contributed by atoms with Gasteiger partial charge in [-0.1, -0.05) is 29.3 Å². The van der Waals surface area contributed by atoms with Crippen molar-refractivity contribution in [1.82, 2.24) is 10.2 Å². The molecule has 6 heteroatoms. The van der Waals surface area contributed by atoms with Crippen LogP contribution in [-0.2, 0) is 11.2 Å². The van der Waals surface area contributed by atoms with Gasteiger partial charge in [0.05, 0.1) is 16.1 Å². The summed E-state index contributed by atoms with van der Waals surface area (Å²) in [5.41, 5.74) is 1.00. The molecule has 0 radical (unpaired) electrons. The molecule has 3 rings (SSSR count). The maximum Gasteiger partial charge on any atom is 0.137 e. The number of aliphatic hydroxyl groups excluding tert-OH is 1. The van der Waals surface area contributed by atoms with Gasteiger partial charge in [-0.15, -0.1) is 0 Å². The number of halogens is 2. The second kappa shape index (κ2) is 9.03. The number of β-amino-alcohol motifs (C(OH)–C–C–N with tert-alkyl or cyclic N) is 1. The number of hydrogen-bond donors (Lipinski definition) is 2. The van der Waals surface area contributed by atoms with E-state index in [0.29, 0.717) is 22.9 Å². The number of rotatable bonds is 7. The van der Waals surface area contributed by atoms with E-state index >= 15 is 0 Å². The minimum Gasteiger partial charge on any atom is -0.392 e. The molecule has 4 nitrogen and oxygen atoms in total. The molecular weight excluding hydrogens is 371 g/mol. The molecule has 0 aromatic heterocycles. The number of benzene rings is 1. The number of carbonyl (C=O) groups is 1. The molecule has 2 aliphatic heterocycles. The molecule has 0 bridgehead atoms. The highest BCUT2D eigenvalue weighted by Gasteiger charge is 2.35. The van der Waals surface area contributed by atoms with Gasteiger partial charge in [-0.05, 0) is 68.4 Å². The molecule has 0 saturated carbocycles. The Labute approximate surface area is 165 Å². The van der Waals surface area contributed by atoms with Crippen LogP contribution in [0.1, 0.15) is 37.7 Å². The van der Waals surface area contributed by atoms with E-state index in [4.69, 9.17) is 23.2 Å². The quantitative estimate of drug-likeness (QED) is 0.739. The molecule has 0 spiro atoms. The maximum atomic E-state index is 12.8. The van der Waals surface area contributed by atoms with Gasteiger partial charge in [-0.3, -0.25) is 4.79 Å². The van der Waals surface area contributed by atoms with Crippen LogP contribution in [0.25, 0.3) is 0 Å². The predicted molar refractivity (Wildman–Crippen MR) is 106 cm³/mol. The van der Waals surface area contributed by atoms with Crippen molar-refractivity contribution in [2.24, 2.45) is 5.41 Å². The number of nitrogens with zero attached hydrogens (tertiary/aromatic N) is 1. The Morgan fingerprint density at radius 2 is 2.04 bits per heavy atom. The summed E-state index contributed by atoms with van der Waals surface area (Å²) in [6, 6.07) is 5.43. The molecule has 2 aliphatic rings. The van der Waals surface area contributed by atoms with Crippen LogP contribution in [0.15, 0.2) is 18.2 Å². The zero-order valence-corrected chi connectivity index (χ0v) is 16.7. The lowest BCUT2D eigenvalue weighted by atomic mass is 9.72. The monoisotopic (exact) mass is 398 g/mol. The number of nitrogens with one attached hydrogen (secondary N) is 1. The lowest BCUT2D eigenvalue weighted by Gasteiger charge is -2.38. The van der Waals surface area contributed by atoms with Gasteiger partial charge >= 0.3 is 0 Å². The van der Waals surface area contributed by atoms with Gasteiger partial charge < -0.3 is 15.3 Å². The molecule has 2 saturated heterocycles. The predicted octanol–water partition coefficient (Wildman–Crippen LogP) is 3.32. The van der Waals surface area contributed by atoms with Crippen molar-refractivity contribution < 1.29 is 9.90 Å². The van der Waals surface area contributed by atoms with Crippen LogP contribution in [0.3, 0.4) is 0 Å². The van der Waals surface area contributed by atoms with Crippen molar-refractivity contribution in [1.29, 1.82) is 0 Å². The summed E-state index contributed by atoms with van der Waals surface area (Å²) >= 11 is 12.0. The Hall–Kier alpha value is -0.650. The fourth-order valence-electron chi connectivity index (χ4n) is 4.24. The van der Waals surface area contributed by atoms with Gasteiger partial charge in [0.2, 0.25) is 0 Å². The van der Waals surface area contributed by atoms with E-state index < -0.39 is 0 Å². The Bertz CT molecular complexity index is 632. The first-order valence-electron chi connectivity index (χ1n) is 9.53. The largest absolute Gasteiger partial charge is 0.392 e. The number of piperidine rings is 1. The molecule has 26 heavy (non-hydrogen) atoms. The summed E-state index contributed by atoms with van der Waals surface area (Å²) in [5, 5.41) is 14.2. The summed E-state index contributed by atoms with van der Waals surface area (Å²) in [7, 11) is 0. The molecule has 0 amide bonds. The molecule has 1 atom stereocenters. The first kappa shape index (κ1) is 20.1. The normalized spacial score (nSPS) is 23.3. The first-order valence-corrected chi connectivity index (χ1v) is 10.3. The number of Topliss-reactive ketones (excluding diaryl/α,β-unsaturated/α-hetero) is 1. The second-order valence-electron chi connectivity index (χ2n) is 7.88. The van der Waals surface area contributed by atoms with Crippen molar-refractivity contribution in [3.63, 3.8) is 0 Å². The fraction of sp³-hybridized carbons (Fsp3) is 0.650. The molecule has 144 valence electrons. The summed E-state index contributed by atoms with van der Waals surface area (Å²) in [5.74, 6) is 0.270. The van der Waals surface area contributed by atoms with Crippen LogP contribution in [0.2, 0.25) is 10.0 Å². The van der Waals surface area contributed by atoms with Crippen molar-refractivity contribution in [2.75, 3.05) is 32.7 Å². The minimum absolute atomic E-state index is 0.0755. The molecular formula is C20H28Cl2N2O2. The number of likely N-dealkylation sites (tertiary alicyclic amines) is 1. The van der Waals surface area contributed by atoms with E-state index in [9.17, 15) is 9.90 Å². The highest BCUT2D eigenvalue weighted by molar-refractivity contribution is 6.42. The van der Waals surface area contributed by atoms with E-state index in [2.05, 4.69) is 10.2 Å². The zero-order valence-electron chi connectivity index (χ0n) is 15.1. The molecule has 2 fully saturated rings. The molecule has 1 aromatic carbocycles. The minimum atomic E-state index is -0.185. The van der Waals surface area contributed by atoms with E-state index in [1.165, 1.54) is 0 Å². The third-order valence-electron chi connectivity index (χ3n) is 5.83. The molecule has 2 N–H and O–H groups in total. The highest BCUT2D eigenvalue weighted by Crippen LogP contribution is 2.37. The Kier molecular flexibility index (Phi) is 6.98. The van der Waals surface area contributed by atoms with Gasteiger partial charge in [-0.2, -0.15) is 0 Å². The average Bonchev–Trinajstić information content (AvgIpc) is 3.03. The van der Waals surface area contributed by atoms with Crippen LogP contribution in [0.5, 0.6) is 0 Å². The van der Waals surface area contributed by atoms with Crippen LogP contribution in [0.4, 0.5) is 0 Å². The van der Waals surface area contributed by atoms with Gasteiger partial charge in [0.25, 0.3) is 0 Å². The summed E-state index contributed by atoms with van der Waals surface area (Å²) in [6.07, 6.45) is 4.81. The third kappa shape index (κ3) is 5.43. The van der Waals surface area contributed by atoms with E-state index in [0.717, 1.165) is 64.0 Å². The van der Waals surface area contributed by atoms with Crippen LogP contribution < -0.4 is 5.32 Å². The molecule has 0 aliphatic carbocycles. The van der Waals surface area contributed by atoms with Crippen molar-refractivity contribution in [2.45, 2.75) is 44.6 Å². The third-order valence-corrected chi connectivity index (χ3v) is 6.57. The second-order valence-corrected chi connectivity index (χ2v) is 8.70. The molecule has 2 heterocycles. The van der Waals surface area contributed by atoms with Crippen LogP contribution in [-0.4, -0.2) is 54.6 Å². The Balaban J connectivity index is 1.59. The Morgan fingerprint density at radius 1 is 1.27 bits per heavy atom. The van der Waals surface area contributed by atoms with Crippen molar-refractivity contribution >= 4 is 29.0 Å². The standard InChI is InChI=1S/C20H28Cl2N2O2/c21-18-2-1-15(12-19(18)22)11-17(26)13-20(4-7-23-8-5-20)6-10-24-9-3-16(25)14-24/h1-2,12,16,23,25H,3-11,13-14H2. The van der Waals surface area contributed by atoms with Gasteiger partial charge in [0.15, 0.2) is 0 Å². The van der Waals surface area contributed by atoms with E-state index in [1.807, 2.05) is 6.07 Å². The summed E-state index contributed by atoms with van der Waals surface area (Å²) in [6.45, 7) is 4.65. The SMILES string of the molecule is O=C(Cc1ccc(Cl)c(Cl)c1)CC1(CCN2CCC(O)C2)CCNCC1. The van der Waals surface area contributed by atoms with E-state index in [-0.39, 0.29) is 17.3 Å².